The molecule has 23 heavy (non-hydrogen) atoms. The number of nitrogens with two attached hydrogens (primary N) is 1. The first-order valence-electron chi connectivity index (χ1n) is 7.98. The van der Waals surface area contributed by atoms with Gasteiger partial charge in [-0.3, -0.25) is 9.52 Å². The Labute approximate surface area is 137 Å². The molecule has 0 bridgehead atoms. The van der Waals surface area contributed by atoms with Crippen LogP contribution in [0.5, 0.6) is 0 Å². The van der Waals surface area contributed by atoms with Crippen molar-refractivity contribution in [3.63, 3.8) is 0 Å². The molecule has 1 aliphatic rings. The van der Waals surface area contributed by atoms with Crippen LogP contribution < -0.4 is 15.8 Å². The zero-order valence-electron chi connectivity index (χ0n) is 13.4. The summed E-state index contributed by atoms with van der Waals surface area (Å²) >= 11 is 0. The summed E-state index contributed by atoms with van der Waals surface area (Å²) in [5.41, 5.74) is 6.44. The molecule has 1 atom stereocenters. The molecule has 1 amide bonds. The maximum absolute atomic E-state index is 12.6. The van der Waals surface area contributed by atoms with Gasteiger partial charge in [0.1, 0.15) is 0 Å². The second-order valence-corrected chi connectivity index (χ2v) is 7.88. The lowest BCUT2D eigenvalue weighted by atomic mass is 9.84. The van der Waals surface area contributed by atoms with E-state index in [4.69, 9.17) is 5.73 Å². The summed E-state index contributed by atoms with van der Waals surface area (Å²) in [6.07, 6.45) is 6.79. The minimum atomic E-state index is -3.44. The molecule has 128 valence electrons. The number of sulfonamides is 1. The lowest BCUT2D eigenvalue weighted by Crippen LogP contribution is -2.46. The lowest BCUT2D eigenvalue weighted by molar-refractivity contribution is 0.0916. The lowest BCUT2D eigenvalue weighted by Gasteiger charge is -2.30. The van der Waals surface area contributed by atoms with Crippen molar-refractivity contribution in [1.29, 1.82) is 0 Å². The van der Waals surface area contributed by atoms with E-state index in [-0.39, 0.29) is 17.6 Å². The van der Waals surface area contributed by atoms with E-state index in [1.165, 1.54) is 19.3 Å². The molecule has 1 aromatic rings. The minimum Gasteiger partial charge on any atom is -0.348 e. The normalized spacial score (nSPS) is 17.5. The quantitative estimate of drug-likeness (QED) is 0.734. The topological polar surface area (TPSA) is 101 Å². The van der Waals surface area contributed by atoms with Crippen molar-refractivity contribution in [2.75, 3.05) is 17.5 Å². The highest BCUT2D eigenvalue weighted by Gasteiger charge is 2.25. The number of benzene rings is 1. The van der Waals surface area contributed by atoms with Crippen LogP contribution in [0.4, 0.5) is 5.69 Å². The van der Waals surface area contributed by atoms with Crippen molar-refractivity contribution >= 4 is 21.6 Å². The van der Waals surface area contributed by atoms with Crippen molar-refractivity contribution in [3.05, 3.63) is 29.8 Å². The number of carbonyl (C=O) groups excluding carboxylic acids is 1. The zero-order valence-corrected chi connectivity index (χ0v) is 14.2. The summed E-state index contributed by atoms with van der Waals surface area (Å²) < 4.78 is 25.3. The monoisotopic (exact) mass is 339 g/mol. The van der Waals surface area contributed by atoms with E-state index < -0.39 is 10.0 Å². The Bertz CT molecular complexity index is 640. The third-order valence-electron chi connectivity index (χ3n) is 4.26. The van der Waals surface area contributed by atoms with Gasteiger partial charge in [-0.1, -0.05) is 31.4 Å². The molecule has 1 unspecified atom stereocenters. The number of hydrogen-bond donors (Lipinski definition) is 3. The maximum atomic E-state index is 12.6. The van der Waals surface area contributed by atoms with Gasteiger partial charge in [0.05, 0.1) is 17.5 Å². The van der Waals surface area contributed by atoms with Gasteiger partial charge in [-0.15, -0.1) is 0 Å². The van der Waals surface area contributed by atoms with Gasteiger partial charge in [-0.05, 0) is 30.9 Å². The molecule has 0 aromatic heterocycles. The van der Waals surface area contributed by atoms with Crippen molar-refractivity contribution in [3.8, 4) is 0 Å². The highest BCUT2D eigenvalue weighted by atomic mass is 32.2. The van der Waals surface area contributed by atoms with Crippen molar-refractivity contribution < 1.29 is 13.2 Å². The smallest absolute Gasteiger partial charge is 0.253 e. The van der Waals surface area contributed by atoms with Crippen molar-refractivity contribution in [2.45, 2.75) is 38.1 Å². The Hall–Kier alpha value is -1.60. The SMILES string of the molecule is CS(=O)(=O)Nc1ccccc1C(=O)NC(CN)C1CCCCC1. The van der Waals surface area contributed by atoms with Crippen LogP contribution in [0.1, 0.15) is 42.5 Å². The zero-order chi connectivity index (χ0) is 16.9. The molecule has 1 aromatic carbocycles. The largest absolute Gasteiger partial charge is 0.348 e. The number of amides is 1. The second-order valence-electron chi connectivity index (χ2n) is 6.13. The summed E-state index contributed by atoms with van der Waals surface area (Å²) in [6.45, 7) is 0.387. The molecule has 6 nitrogen and oxygen atoms in total. The average Bonchev–Trinajstić information content (AvgIpc) is 2.52. The maximum Gasteiger partial charge on any atom is 0.253 e. The predicted octanol–water partition coefficient (Wildman–Crippen LogP) is 1.70. The summed E-state index contributed by atoms with van der Waals surface area (Å²) in [5.74, 6) is 0.102. The molecule has 0 saturated heterocycles. The molecule has 0 radical (unpaired) electrons. The van der Waals surface area contributed by atoms with Crippen molar-refractivity contribution in [1.82, 2.24) is 5.32 Å². The number of nitrogens with one attached hydrogen (secondary N) is 2. The molecule has 4 N–H and O–H groups in total. The fraction of sp³-hybridized carbons (Fsp3) is 0.562. The number of carbonyl (C=O) groups is 1. The number of rotatable bonds is 6. The van der Waals surface area contributed by atoms with Crippen LogP contribution >= 0.6 is 0 Å². The van der Waals surface area contributed by atoms with Gasteiger partial charge in [0.2, 0.25) is 10.0 Å². The average molecular weight is 339 g/mol. The van der Waals surface area contributed by atoms with Gasteiger partial charge < -0.3 is 11.1 Å². The number of anilines is 1. The first-order valence-corrected chi connectivity index (χ1v) is 9.87. The fourth-order valence-corrected chi connectivity index (χ4v) is 3.70. The summed E-state index contributed by atoms with van der Waals surface area (Å²) in [6, 6.07) is 6.51. The van der Waals surface area contributed by atoms with Crippen LogP contribution in [0.15, 0.2) is 24.3 Å². The third kappa shape index (κ3) is 5.21. The Morgan fingerprint density at radius 1 is 1.26 bits per heavy atom. The Morgan fingerprint density at radius 3 is 2.52 bits per heavy atom. The predicted molar refractivity (Wildman–Crippen MR) is 91.8 cm³/mol. The van der Waals surface area contributed by atoms with Crippen LogP contribution in [0.25, 0.3) is 0 Å². The molecule has 0 spiro atoms. The van der Waals surface area contributed by atoms with Crippen LogP contribution in [-0.4, -0.2) is 33.2 Å². The first-order chi connectivity index (χ1) is 10.9. The molecule has 2 rings (SSSR count). The van der Waals surface area contributed by atoms with Crippen LogP contribution in [0, 0.1) is 5.92 Å². The number of hydrogen-bond acceptors (Lipinski definition) is 4. The Kier molecular flexibility index (Phi) is 6.01. The van der Waals surface area contributed by atoms with Crippen molar-refractivity contribution in [2.24, 2.45) is 11.7 Å². The molecule has 1 fully saturated rings. The second kappa shape index (κ2) is 7.79. The molecular weight excluding hydrogens is 314 g/mol. The van der Waals surface area contributed by atoms with E-state index in [1.807, 2.05) is 0 Å². The molecule has 7 heteroatoms. The Morgan fingerprint density at radius 2 is 1.91 bits per heavy atom. The van der Waals surface area contributed by atoms with E-state index >= 15 is 0 Å². The number of para-hydroxylation sites is 1. The van der Waals surface area contributed by atoms with E-state index in [2.05, 4.69) is 10.0 Å². The van der Waals surface area contributed by atoms with Crippen LogP contribution in [-0.2, 0) is 10.0 Å². The highest BCUT2D eigenvalue weighted by Crippen LogP contribution is 2.26. The molecule has 0 heterocycles. The van der Waals surface area contributed by atoms with Gasteiger partial charge in [0, 0.05) is 12.6 Å². The summed E-state index contributed by atoms with van der Waals surface area (Å²) in [5, 5.41) is 2.98. The van der Waals surface area contributed by atoms with E-state index in [0.29, 0.717) is 18.0 Å². The van der Waals surface area contributed by atoms with Crippen LogP contribution in [0.2, 0.25) is 0 Å². The van der Waals surface area contributed by atoms with Gasteiger partial charge in [0.15, 0.2) is 0 Å². The van der Waals surface area contributed by atoms with Gasteiger partial charge in [-0.2, -0.15) is 0 Å². The van der Waals surface area contributed by atoms with E-state index in [1.54, 1.807) is 24.3 Å². The van der Waals surface area contributed by atoms with Crippen LogP contribution in [0.3, 0.4) is 0 Å². The highest BCUT2D eigenvalue weighted by molar-refractivity contribution is 7.92. The molecular formula is C16H25N3O3S. The Balaban J connectivity index is 2.13. The standard InChI is InChI=1S/C16H25N3O3S/c1-23(21,22)19-14-10-6-5-9-13(14)16(20)18-15(11-17)12-7-3-2-4-8-12/h5-6,9-10,12,15,19H,2-4,7-8,11,17H2,1H3,(H,18,20). The minimum absolute atomic E-state index is 0.0749. The first kappa shape index (κ1) is 17.7. The van der Waals surface area contributed by atoms with E-state index in [9.17, 15) is 13.2 Å². The van der Waals surface area contributed by atoms with E-state index in [0.717, 1.165) is 19.1 Å². The van der Waals surface area contributed by atoms with Gasteiger partial charge in [0.25, 0.3) is 5.91 Å². The van der Waals surface area contributed by atoms with Gasteiger partial charge >= 0.3 is 0 Å². The third-order valence-corrected chi connectivity index (χ3v) is 4.85. The summed E-state index contributed by atoms with van der Waals surface area (Å²) in [4.78, 5) is 12.6. The molecule has 1 aliphatic carbocycles. The fourth-order valence-electron chi connectivity index (χ4n) is 3.12. The summed E-state index contributed by atoms with van der Waals surface area (Å²) in [7, 11) is -3.44. The van der Waals surface area contributed by atoms with Gasteiger partial charge in [-0.25, -0.2) is 8.42 Å². The molecule has 0 aliphatic heterocycles. The molecule has 1 saturated carbocycles.